The lowest BCUT2D eigenvalue weighted by Crippen LogP contribution is -2.72. The van der Waals surface area contributed by atoms with Gasteiger partial charge < -0.3 is 23.8 Å². The van der Waals surface area contributed by atoms with E-state index in [-0.39, 0.29) is 16.5 Å². The molecule has 1 fully saturated rings. The fraction of sp³-hybridized carbons (Fsp3) is 0.950. The van der Waals surface area contributed by atoms with Crippen molar-refractivity contribution in [2.75, 3.05) is 7.11 Å². The van der Waals surface area contributed by atoms with E-state index in [0.717, 1.165) is 0 Å². The minimum atomic E-state index is -2.60. The molecule has 0 aliphatic heterocycles. The van der Waals surface area contributed by atoms with Gasteiger partial charge in [0, 0.05) is 11.3 Å². The SMILES string of the molecule is COC(=O)[C@]1(O[Si](C)(C)C(C)(C)C)C[C@@H](O)[C@H](O)[C@@H](N=[N+]=[N-])[C@@H]1O[Si](C)(C)C(C)(C)C. The van der Waals surface area contributed by atoms with E-state index in [1.807, 2.05) is 67.7 Å². The highest BCUT2D eigenvalue weighted by atomic mass is 28.4. The maximum Gasteiger partial charge on any atom is 0.339 e. The first-order chi connectivity index (χ1) is 13.8. The Labute approximate surface area is 188 Å². The van der Waals surface area contributed by atoms with Crippen molar-refractivity contribution in [3.8, 4) is 0 Å². The molecule has 0 aromatic rings. The first-order valence-corrected chi connectivity index (χ1v) is 16.5. The van der Waals surface area contributed by atoms with Crippen molar-refractivity contribution in [3.05, 3.63) is 10.4 Å². The van der Waals surface area contributed by atoms with E-state index in [9.17, 15) is 20.5 Å². The van der Waals surface area contributed by atoms with Gasteiger partial charge in [-0.05, 0) is 41.8 Å². The Morgan fingerprint density at radius 1 is 1.06 bits per heavy atom. The van der Waals surface area contributed by atoms with Crippen molar-refractivity contribution in [1.29, 1.82) is 0 Å². The molecule has 2 N–H and O–H groups in total. The van der Waals surface area contributed by atoms with Crippen LogP contribution in [0.5, 0.6) is 0 Å². The van der Waals surface area contributed by atoms with Gasteiger partial charge in [0.1, 0.15) is 0 Å². The molecular formula is C20H41N3O6Si2. The van der Waals surface area contributed by atoms with Crippen molar-refractivity contribution in [2.24, 2.45) is 5.11 Å². The van der Waals surface area contributed by atoms with Crippen LogP contribution in [-0.4, -0.2) is 69.9 Å². The predicted molar refractivity (Wildman–Crippen MR) is 125 cm³/mol. The summed E-state index contributed by atoms with van der Waals surface area (Å²) in [7, 11) is -3.88. The Kier molecular flexibility index (Phi) is 8.27. The summed E-state index contributed by atoms with van der Waals surface area (Å²) in [6, 6.07) is -1.22. The topological polar surface area (TPSA) is 134 Å². The van der Waals surface area contributed by atoms with Gasteiger partial charge >= 0.3 is 5.97 Å². The summed E-state index contributed by atoms with van der Waals surface area (Å²) in [5, 5.41) is 24.7. The van der Waals surface area contributed by atoms with Crippen LogP contribution in [-0.2, 0) is 18.4 Å². The van der Waals surface area contributed by atoms with Crippen LogP contribution >= 0.6 is 0 Å². The molecule has 1 aliphatic rings. The molecular weight excluding hydrogens is 434 g/mol. The number of nitrogens with zero attached hydrogens (tertiary/aromatic N) is 3. The van der Waals surface area contributed by atoms with Crippen LogP contribution in [0.3, 0.4) is 0 Å². The van der Waals surface area contributed by atoms with Gasteiger partial charge in [-0.15, -0.1) is 0 Å². The van der Waals surface area contributed by atoms with Crippen molar-refractivity contribution in [1.82, 2.24) is 0 Å². The zero-order valence-corrected chi connectivity index (χ0v) is 22.9. The third kappa shape index (κ3) is 5.52. The molecule has 0 saturated heterocycles. The molecule has 180 valence electrons. The van der Waals surface area contributed by atoms with Crippen LogP contribution < -0.4 is 0 Å². The molecule has 1 aliphatic carbocycles. The minimum Gasteiger partial charge on any atom is -0.467 e. The lowest BCUT2D eigenvalue weighted by Gasteiger charge is -2.54. The molecule has 11 heteroatoms. The van der Waals surface area contributed by atoms with Gasteiger partial charge in [-0.2, -0.15) is 0 Å². The molecule has 1 rings (SSSR count). The predicted octanol–water partition coefficient (Wildman–Crippen LogP) is 4.11. The smallest absolute Gasteiger partial charge is 0.339 e. The van der Waals surface area contributed by atoms with E-state index in [4.69, 9.17) is 13.6 Å². The van der Waals surface area contributed by atoms with Gasteiger partial charge in [-0.3, -0.25) is 0 Å². The normalized spacial score (nSPS) is 30.5. The average Bonchev–Trinajstić information content (AvgIpc) is 2.59. The fourth-order valence-corrected chi connectivity index (χ4v) is 6.02. The maximum absolute atomic E-state index is 13.3. The molecule has 0 unspecified atom stereocenters. The Hall–Kier alpha value is -0.946. The van der Waals surface area contributed by atoms with Crippen molar-refractivity contribution in [3.63, 3.8) is 0 Å². The van der Waals surface area contributed by atoms with E-state index >= 15 is 0 Å². The summed E-state index contributed by atoms with van der Waals surface area (Å²) in [5.74, 6) is -0.704. The summed E-state index contributed by atoms with van der Waals surface area (Å²) in [5.41, 5.74) is 7.48. The first-order valence-electron chi connectivity index (χ1n) is 10.6. The van der Waals surface area contributed by atoms with Gasteiger partial charge in [0.25, 0.3) is 0 Å². The number of hydrogen-bond acceptors (Lipinski definition) is 7. The number of azide groups is 1. The molecule has 1 saturated carbocycles. The van der Waals surface area contributed by atoms with E-state index < -0.39 is 52.6 Å². The number of methoxy groups -OCH3 is 1. The van der Waals surface area contributed by atoms with Gasteiger partial charge in [-0.25, -0.2) is 4.79 Å². The average molecular weight is 476 g/mol. The van der Waals surface area contributed by atoms with Crippen LogP contribution in [0.2, 0.25) is 36.3 Å². The summed E-state index contributed by atoms with van der Waals surface area (Å²) in [6.45, 7) is 20.2. The molecule has 9 nitrogen and oxygen atoms in total. The molecule has 31 heavy (non-hydrogen) atoms. The highest BCUT2D eigenvalue weighted by molar-refractivity contribution is 6.75. The van der Waals surface area contributed by atoms with E-state index in [0.29, 0.717) is 0 Å². The Balaban J connectivity index is 3.81. The third-order valence-electron chi connectivity index (χ3n) is 7.21. The molecule has 0 amide bonds. The van der Waals surface area contributed by atoms with E-state index in [2.05, 4.69) is 10.0 Å². The number of esters is 1. The monoisotopic (exact) mass is 475 g/mol. The second-order valence-corrected chi connectivity index (χ2v) is 21.0. The fourth-order valence-electron chi connectivity index (χ4n) is 3.20. The number of ether oxygens (including phenoxy) is 1. The molecule has 0 heterocycles. The van der Waals surface area contributed by atoms with E-state index in [1.54, 1.807) is 0 Å². The number of carbonyl (C=O) groups excluding carboxylic acids is 1. The molecule has 0 aromatic carbocycles. The molecule has 5 atom stereocenters. The Bertz CT molecular complexity index is 713. The quantitative estimate of drug-likeness (QED) is 0.195. The molecule has 0 radical (unpaired) electrons. The van der Waals surface area contributed by atoms with Crippen molar-refractivity contribution < 1.29 is 28.6 Å². The number of aliphatic hydroxyl groups excluding tert-OH is 2. The van der Waals surface area contributed by atoms with Crippen LogP contribution in [0, 0.1) is 0 Å². The van der Waals surface area contributed by atoms with Crippen LogP contribution in [0.15, 0.2) is 5.11 Å². The Morgan fingerprint density at radius 2 is 1.55 bits per heavy atom. The molecule has 0 spiro atoms. The van der Waals surface area contributed by atoms with Gasteiger partial charge in [0.15, 0.2) is 22.2 Å². The van der Waals surface area contributed by atoms with Crippen LogP contribution in [0.25, 0.3) is 10.4 Å². The zero-order chi connectivity index (χ0) is 24.6. The highest BCUT2D eigenvalue weighted by Crippen LogP contribution is 2.48. The lowest BCUT2D eigenvalue weighted by molar-refractivity contribution is -0.196. The van der Waals surface area contributed by atoms with Crippen molar-refractivity contribution >= 4 is 22.6 Å². The number of hydrogen-bond donors (Lipinski definition) is 2. The summed E-state index contributed by atoms with van der Waals surface area (Å²) < 4.78 is 18.4. The maximum atomic E-state index is 13.3. The largest absolute Gasteiger partial charge is 0.467 e. The second kappa shape index (κ2) is 9.13. The standard InChI is InChI=1S/C20H41N3O6Si2/c1-18(2,3)30(8,9)28-16-14(22-23-21)15(25)13(24)12-20(16,17(26)27-7)29-31(10,11)19(4,5)6/h13-16,24-25H,12H2,1-11H3/t13-,14-,15+,16+,20+/m1/s1. The zero-order valence-electron chi connectivity index (χ0n) is 20.9. The minimum absolute atomic E-state index is 0.218. The summed E-state index contributed by atoms with van der Waals surface area (Å²) >= 11 is 0. The number of carbonyl (C=O) groups is 1. The third-order valence-corrected chi connectivity index (χ3v) is 16.2. The van der Waals surface area contributed by atoms with Crippen molar-refractivity contribution in [2.45, 2.75) is 114 Å². The second-order valence-electron chi connectivity index (χ2n) is 11.5. The summed E-state index contributed by atoms with van der Waals surface area (Å²) in [6.07, 6.45) is -4.07. The number of aliphatic hydroxyl groups is 2. The number of rotatable bonds is 6. The molecule has 0 aromatic heterocycles. The summed E-state index contributed by atoms with van der Waals surface area (Å²) in [4.78, 5) is 16.2. The van der Waals surface area contributed by atoms with Gasteiger partial charge in [-0.1, -0.05) is 46.7 Å². The Morgan fingerprint density at radius 3 is 1.94 bits per heavy atom. The van der Waals surface area contributed by atoms with Crippen LogP contribution in [0.4, 0.5) is 0 Å². The molecule has 0 bridgehead atoms. The van der Waals surface area contributed by atoms with Gasteiger partial charge in [0.05, 0.1) is 31.5 Å². The first kappa shape index (κ1) is 28.1. The van der Waals surface area contributed by atoms with E-state index in [1.165, 1.54) is 7.11 Å². The van der Waals surface area contributed by atoms with Gasteiger partial charge in [0.2, 0.25) is 0 Å². The highest BCUT2D eigenvalue weighted by Gasteiger charge is 2.63. The lowest BCUT2D eigenvalue weighted by atomic mass is 9.76. The van der Waals surface area contributed by atoms with Crippen LogP contribution in [0.1, 0.15) is 48.0 Å².